The molecule has 0 amide bonds. The Bertz CT molecular complexity index is 809. The molecular weight excluding hydrogens is 292 g/mol. The van der Waals surface area contributed by atoms with Gasteiger partial charge in [0.15, 0.2) is 11.6 Å². The Balaban J connectivity index is 1.55. The predicted octanol–water partition coefficient (Wildman–Crippen LogP) is 3.14. The van der Waals surface area contributed by atoms with Gasteiger partial charge < -0.3 is 9.84 Å². The van der Waals surface area contributed by atoms with E-state index in [0.717, 1.165) is 11.2 Å². The number of nitrogens with one attached hydrogen (secondary N) is 1. The lowest BCUT2D eigenvalue weighted by Gasteiger charge is -2.04. The maximum absolute atomic E-state index is 12.5. The van der Waals surface area contributed by atoms with Crippen LogP contribution in [-0.2, 0) is 6.54 Å². The van der Waals surface area contributed by atoms with Crippen LogP contribution in [0.5, 0.6) is 0 Å². The van der Waals surface area contributed by atoms with E-state index in [1.807, 2.05) is 6.07 Å². The summed E-state index contributed by atoms with van der Waals surface area (Å²) in [6.07, 6.45) is 3.15. The van der Waals surface area contributed by atoms with E-state index in [9.17, 15) is 8.78 Å². The molecule has 8 heteroatoms. The minimum atomic E-state index is -2.63. The number of nitrogens with zero attached hydrogens (tertiary/aromatic N) is 4. The Kier molecular flexibility index (Phi) is 3.02. The van der Waals surface area contributed by atoms with E-state index in [1.54, 1.807) is 16.9 Å². The molecule has 1 aliphatic rings. The third-order valence-electron chi connectivity index (χ3n) is 3.64. The summed E-state index contributed by atoms with van der Waals surface area (Å²) in [6, 6.07) is 3.25. The summed E-state index contributed by atoms with van der Waals surface area (Å²) < 4.78 is 31.6. The number of halogens is 2. The number of alkyl halides is 2. The molecule has 0 aromatic carbocycles. The average molecular weight is 305 g/mol. The van der Waals surface area contributed by atoms with Crippen molar-refractivity contribution >= 4 is 11.3 Å². The van der Waals surface area contributed by atoms with Crippen LogP contribution in [0.3, 0.4) is 0 Å². The highest BCUT2D eigenvalue weighted by Crippen LogP contribution is 2.39. The minimum absolute atomic E-state index is 0.232. The number of fused-ring (bicyclic) bond motifs is 1. The third kappa shape index (κ3) is 2.40. The second-order valence-corrected chi connectivity index (χ2v) is 5.32. The van der Waals surface area contributed by atoms with Crippen molar-refractivity contribution in [3.8, 4) is 0 Å². The van der Waals surface area contributed by atoms with Gasteiger partial charge >= 0.3 is 0 Å². The maximum Gasteiger partial charge on any atom is 0.283 e. The first-order chi connectivity index (χ1) is 10.7. The van der Waals surface area contributed by atoms with Crippen molar-refractivity contribution in [2.45, 2.75) is 31.7 Å². The Labute approximate surface area is 124 Å². The predicted molar refractivity (Wildman–Crippen MR) is 73.7 cm³/mol. The Morgan fingerprint density at radius 1 is 1.36 bits per heavy atom. The van der Waals surface area contributed by atoms with Crippen molar-refractivity contribution < 1.29 is 13.3 Å². The SMILES string of the molecule is FC(F)c1cc(CNc2nccn3nc(C4CC4)cc23)on1. The van der Waals surface area contributed by atoms with Gasteiger partial charge in [0.2, 0.25) is 0 Å². The van der Waals surface area contributed by atoms with Crippen LogP contribution < -0.4 is 5.32 Å². The standard InChI is InChI=1S/C14H13F2N5O/c15-13(16)11-5-9(22-20-11)7-18-14-12-6-10(8-1-2-8)19-21(12)4-3-17-14/h3-6,8,13H,1-2,7H2,(H,17,18). The molecule has 0 atom stereocenters. The topological polar surface area (TPSA) is 68.2 Å². The molecule has 22 heavy (non-hydrogen) atoms. The molecule has 0 saturated heterocycles. The minimum Gasteiger partial charge on any atom is -0.361 e. The molecule has 0 radical (unpaired) electrons. The molecular formula is C14H13F2N5O. The lowest BCUT2D eigenvalue weighted by molar-refractivity contribution is 0.140. The van der Waals surface area contributed by atoms with Gasteiger partial charge in [-0.3, -0.25) is 0 Å². The van der Waals surface area contributed by atoms with Gasteiger partial charge in [-0.05, 0) is 18.9 Å². The van der Waals surface area contributed by atoms with Crippen LogP contribution in [-0.4, -0.2) is 19.8 Å². The summed E-state index contributed by atoms with van der Waals surface area (Å²) in [5.41, 5.74) is 1.57. The molecule has 3 aromatic heterocycles. The first kappa shape index (κ1) is 13.2. The van der Waals surface area contributed by atoms with Crippen LogP contribution in [0.15, 0.2) is 29.0 Å². The Hall–Kier alpha value is -2.51. The van der Waals surface area contributed by atoms with Gasteiger partial charge in [0.1, 0.15) is 11.2 Å². The van der Waals surface area contributed by atoms with E-state index in [4.69, 9.17) is 4.52 Å². The van der Waals surface area contributed by atoms with E-state index in [2.05, 4.69) is 20.6 Å². The number of rotatable bonds is 5. The highest BCUT2D eigenvalue weighted by molar-refractivity contribution is 5.68. The average Bonchev–Trinajstić information content (AvgIpc) is 3.09. The molecule has 1 saturated carbocycles. The summed E-state index contributed by atoms with van der Waals surface area (Å²) in [7, 11) is 0. The number of aromatic nitrogens is 4. The van der Waals surface area contributed by atoms with Crippen molar-refractivity contribution in [3.05, 3.63) is 41.7 Å². The smallest absolute Gasteiger partial charge is 0.283 e. The molecule has 1 fully saturated rings. The second-order valence-electron chi connectivity index (χ2n) is 5.32. The highest BCUT2D eigenvalue weighted by Gasteiger charge is 2.26. The van der Waals surface area contributed by atoms with Crippen molar-refractivity contribution in [3.63, 3.8) is 0 Å². The number of anilines is 1. The summed E-state index contributed by atoms with van der Waals surface area (Å²) in [4.78, 5) is 4.27. The second kappa shape index (κ2) is 5.04. The van der Waals surface area contributed by atoms with Crippen molar-refractivity contribution in [1.82, 2.24) is 19.8 Å². The fraction of sp³-hybridized carbons (Fsp3) is 0.357. The molecule has 0 spiro atoms. The Morgan fingerprint density at radius 2 is 2.23 bits per heavy atom. The summed E-state index contributed by atoms with van der Waals surface area (Å²) in [5, 5.41) is 10.9. The van der Waals surface area contributed by atoms with Crippen LogP contribution in [0.4, 0.5) is 14.6 Å². The summed E-state index contributed by atoms with van der Waals surface area (Å²) in [5.74, 6) is 1.52. The molecule has 0 unspecified atom stereocenters. The molecule has 0 aliphatic heterocycles. The molecule has 3 aromatic rings. The maximum atomic E-state index is 12.5. The van der Waals surface area contributed by atoms with E-state index in [1.165, 1.54) is 18.9 Å². The van der Waals surface area contributed by atoms with Crippen LogP contribution in [0.2, 0.25) is 0 Å². The Morgan fingerprint density at radius 3 is 2.95 bits per heavy atom. The van der Waals surface area contributed by atoms with Crippen molar-refractivity contribution in [1.29, 1.82) is 0 Å². The van der Waals surface area contributed by atoms with E-state index in [0.29, 0.717) is 17.5 Å². The zero-order valence-corrected chi connectivity index (χ0v) is 11.5. The van der Waals surface area contributed by atoms with Crippen LogP contribution in [0.25, 0.3) is 5.52 Å². The molecule has 1 N–H and O–H groups in total. The summed E-state index contributed by atoms with van der Waals surface area (Å²) >= 11 is 0. The van der Waals surface area contributed by atoms with Gasteiger partial charge in [-0.25, -0.2) is 18.3 Å². The zero-order valence-electron chi connectivity index (χ0n) is 11.5. The normalized spacial score (nSPS) is 14.9. The van der Waals surface area contributed by atoms with Gasteiger partial charge in [-0.1, -0.05) is 5.16 Å². The van der Waals surface area contributed by atoms with Gasteiger partial charge in [0.05, 0.1) is 12.2 Å². The first-order valence-corrected chi connectivity index (χ1v) is 7.02. The molecule has 3 heterocycles. The van der Waals surface area contributed by atoms with Crippen LogP contribution in [0, 0.1) is 0 Å². The van der Waals surface area contributed by atoms with Gasteiger partial charge in [0, 0.05) is 24.4 Å². The monoisotopic (exact) mass is 305 g/mol. The van der Waals surface area contributed by atoms with E-state index in [-0.39, 0.29) is 12.2 Å². The van der Waals surface area contributed by atoms with Gasteiger partial charge in [-0.2, -0.15) is 5.10 Å². The quantitative estimate of drug-likeness (QED) is 0.784. The fourth-order valence-corrected chi connectivity index (χ4v) is 2.34. The van der Waals surface area contributed by atoms with Crippen molar-refractivity contribution in [2.24, 2.45) is 0 Å². The van der Waals surface area contributed by atoms with Crippen molar-refractivity contribution in [2.75, 3.05) is 5.32 Å². The fourth-order valence-electron chi connectivity index (χ4n) is 2.34. The molecule has 4 rings (SSSR count). The van der Waals surface area contributed by atoms with Gasteiger partial charge in [-0.15, -0.1) is 0 Å². The third-order valence-corrected chi connectivity index (χ3v) is 3.64. The van der Waals surface area contributed by atoms with Crippen LogP contribution in [0.1, 0.15) is 42.3 Å². The number of hydrogen-bond acceptors (Lipinski definition) is 5. The molecule has 1 aliphatic carbocycles. The zero-order chi connectivity index (χ0) is 15.1. The lowest BCUT2D eigenvalue weighted by atomic mass is 10.3. The first-order valence-electron chi connectivity index (χ1n) is 7.02. The summed E-state index contributed by atoms with van der Waals surface area (Å²) in [6.45, 7) is 0.232. The largest absolute Gasteiger partial charge is 0.361 e. The molecule has 6 nitrogen and oxygen atoms in total. The highest BCUT2D eigenvalue weighted by atomic mass is 19.3. The molecule has 114 valence electrons. The van der Waals surface area contributed by atoms with E-state index < -0.39 is 6.43 Å². The lowest BCUT2D eigenvalue weighted by Crippen LogP contribution is -2.02. The van der Waals surface area contributed by atoms with Crippen LogP contribution >= 0.6 is 0 Å². The number of hydrogen-bond donors (Lipinski definition) is 1. The molecule has 0 bridgehead atoms. The van der Waals surface area contributed by atoms with Gasteiger partial charge in [0.25, 0.3) is 6.43 Å². The van der Waals surface area contributed by atoms with E-state index >= 15 is 0 Å².